The lowest BCUT2D eigenvalue weighted by molar-refractivity contribution is -0.131. The Morgan fingerprint density at radius 1 is 1.03 bits per heavy atom. The highest BCUT2D eigenvalue weighted by molar-refractivity contribution is 7.88. The average Bonchev–Trinajstić information content (AvgIpc) is 3.30. The smallest absolute Gasteiger partial charge is 0.254 e. The Hall–Kier alpha value is -2.46. The second-order valence-corrected chi connectivity index (χ2v) is 11.9. The molecule has 0 aromatic heterocycles. The number of amides is 3. The van der Waals surface area contributed by atoms with Crippen LogP contribution in [0.25, 0.3) is 0 Å². The van der Waals surface area contributed by atoms with Crippen molar-refractivity contribution in [3.05, 3.63) is 35.4 Å². The minimum atomic E-state index is -3.69. The Bertz CT molecular complexity index is 1060. The summed E-state index contributed by atoms with van der Waals surface area (Å²) in [6, 6.07) is 6.58. The first-order valence-corrected chi connectivity index (χ1v) is 13.7. The van der Waals surface area contributed by atoms with Crippen LogP contribution in [0, 0.1) is 11.8 Å². The molecule has 3 aliphatic heterocycles. The van der Waals surface area contributed by atoms with E-state index in [2.05, 4.69) is 4.90 Å². The molecular weight excluding hydrogens is 456 g/mol. The number of sulfonamides is 1. The minimum absolute atomic E-state index is 0.0778. The molecule has 0 spiro atoms. The van der Waals surface area contributed by atoms with Crippen LogP contribution in [0.5, 0.6) is 0 Å². The number of fused-ring (bicyclic) bond motifs is 1. The highest BCUT2D eigenvalue weighted by Gasteiger charge is 2.58. The molecule has 34 heavy (non-hydrogen) atoms. The zero-order valence-corrected chi connectivity index (χ0v) is 21.1. The van der Waals surface area contributed by atoms with Crippen molar-refractivity contribution in [2.45, 2.75) is 45.8 Å². The summed E-state index contributed by atoms with van der Waals surface area (Å²) >= 11 is 0. The Morgan fingerprint density at radius 3 is 2.18 bits per heavy atom. The van der Waals surface area contributed by atoms with E-state index in [-0.39, 0.29) is 17.7 Å². The summed E-state index contributed by atoms with van der Waals surface area (Å²) in [6.07, 6.45) is 1.52. The molecule has 3 fully saturated rings. The number of hydrogen-bond acceptors (Lipinski definition) is 6. The molecule has 0 aliphatic carbocycles. The van der Waals surface area contributed by atoms with Crippen molar-refractivity contribution < 1.29 is 22.8 Å². The zero-order chi connectivity index (χ0) is 24.8. The van der Waals surface area contributed by atoms with Crippen molar-refractivity contribution >= 4 is 27.7 Å². The van der Waals surface area contributed by atoms with E-state index >= 15 is 0 Å². The number of likely N-dealkylation sites (tertiary alicyclic amines) is 1. The van der Waals surface area contributed by atoms with Crippen LogP contribution in [0.1, 0.15) is 43.1 Å². The SMILES string of the molecule is CC(=O)N1CCN(Cc2ccc(C(=O)N3CC[C@H]4[C@H]3[C@@H](C(C)C)C(=O)N4S(C)(=O)=O)cc2)CC1. The molecule has 4 rings (SSSR count). The first-order valence-electron chi connectivity index (χ1n) is 11.9. The van der Waals surface area contributed by atoms with Gasteiger partial charge < -0.3 is 9.80 Å². The van der Waals surface area contributed by atoms with Crippen molar-refractivity contribution in [3.8, 4) is 0 Å². The first kappa shape index (κ1) is 24.7. The third-order valence-corrected chi connectivity index (χ3v) is 8.52. The number of piperazine rings is 1. The largest absolute Gasteiger partial charge is 0.340 e. The van der Waals surface area contributed by atoms with E-state index in [1.54, 1.807) is 11.8 Å². The average molecular weight is 491 g/mol. The van der Waals surface area contributed by atoms with Gasteiger partial charge in [-0.25, -0.2) is 12.7 Å². The maximum atomic E-state index is 13.4. The molecule has 0 unspecified atom stereocenters. The number of benzene rings is 1. The maximum Gasteiger partial charge on any atom is 0.254 e. The molecule has 186 valence electrons. The summed E-state index contributed by atoms with van der Waals surface area (Å²) in [7, 11) is -3.69. The van der Waals surface area contributed by atoms with E-state index in [4.69, 9.17) is 0 Å². The van der Waals surface area contributed by atoms with Gasteiger partial charge in [-0.2, -0.15) is 0 Å². The first-order chi connectivity index (χ1) is 16.0. The molecule has 10 heteroatoms. The second kappa shape index (κ2) is 9.30. The molecule has 0 saturated carbocycles. The van der Waals surface area contributed by atoms with E-state index in [1.807, 2.05) is 43.0 Å². The van der Waals surface area contributed by atoms with Crippen LogP contribution >= 0.6 is 0 Å². The summed E-state index contributed by atoms with van der Waals surface area (Å²) < 4.78 is 25.7. The van der Waals surface area contributed by atoms with E-state index in [0.717, 1.165) is 48.8 Å². The monoisotopic (exact) mass is 490 g/mol. The van der Waals surface area contributed by atoms with Crippen LogP contribution in [-0.2, 0) is 26.2 Å². The third kappa shape index (κ3) is 4.57. The van der Waals surface area contributed by atoms with Crippen LogP contribution in [0.3, 0.4) is 0 Å². The number of carbonyl (C=O) groups is 3. The third-order valence-electron chi connectivity index (χ3n) is 7.35. The standard InChI is InChI=1S/C24H34N4O5S/c1-16(2)21-22-20(28(24(21)31)34(4,32)33)9-10-27(22)23(30)19-7-5-18(6-8-19)15-25-11-13-26(14-12-25)17(3)29/h5-8,16,20-22H,9-15H2,1-4H3/t20-,21+,22-/m0/s1. The number of rotatable bonds is 5. The quantitative estimate of drug-likeness (QED) is 0.611. The Morgan fingerprint density at radius 2 is 1.65 bits per heavy atom. The fourth-order valence-corrected chi connectivity index (χ4v) is 6.84. The highest BCUT2D eigenvalue weighted by Crippen LogP contribution is 2.41. The van der Waals surface area contributed by atoms with E-state index < -0.39 is 33.9 Å². The number of carbonyl (C=O) groups excluding carboxylic acids is 3. The van der Waals surface area contributed by atoms with Crippen molar-refractivity contribution in [2.24, 2.45) is 11.8 Å². The number of nitrogens with zero attached hydrogens (tertiary/aromatic N) is 4. The lowest BCUT2D eigenvalue weighted by Gasteiger charge is -2.34. The van der Waals surface area contributed by atoms with Crippen LogP contribution in [0.2, 0.25) is 0 Å². The molecule has 0 N–H and O–H groups in total. The summed E-state index contributed by atoms with van der Waals surface area (Å²) in [4.78, 5) is 43.8. The molecule has 1 aromatic carbocycles. The fourth-order valence-electron chi connectivity index (χ4n) is 5.67. The minimum Gasteiger partial charge on any atom is -0.340 e. The lowest BCUT2D eigenvalue weighted by atomic mass is 9.88. The van der Waals surface area contributed by atoms with Gasteiger partial charge >= 0.3 is 0 Å². The Balaban J connectivity index is 1.46. The van der Waals surface area contributed by atoms with Gasteiger partial charge in [0.25, 0.3) is 5.91 Å². The molecule has 0 bridgehead atoms. The fraction of sp³-hybridized carbons (Fsp3) is 0.625. The van der Waals surface area contributed by atoms with E-state index in [0.29, 0.717) is 18.5 Å². The van der Waals surface area contributed by atoms with Crippen molar-refractivity contribution in [1.29, 1.82) is 0 Å². The van der Waals surface area contributed by atoms with Gasteiger partial charge in [0.15, 0.2) is 0 Å². The molecule has 1 aromatic rings. The van der Waals surface area contributed by atoms with Gasteiger partial charge in [0, 0.05) is 51.8 Å². The molecule has 3 heterocycles. The van der Waals surface area contributed by atoms with Gasteiger partial charge in [-0.05, 0) is 30.0 Å². The van der Waals surface area contributed by atoms with Gasteiger partial charge in [-0.3, -0.25) is 19.3 Å². The molecular formula is C24H34N4O5S. The number of hydrogen-bond donors (Lipinski definition) is 0. The predicted octanol–water partition coefficient (Wildman–Crippen LogP) is 1.01. The predicted molar refractivity (Wildman–Crippen MR) is 127 cm³/mol. The van der Waals surface area contributed by atoms with Gasteiger partial charge in [0.1, 0.15) is 0 Å². The second-order valence-electron chi connectivity index (χ2n) is 9.99. The normalized spacial score (nSPS) is 25.9. The molecule has 0 radical (unpaired) electrons. The highest BCUT2D eigenvalue weighted by atomic mass is 32.2. The van der Waals surface area contributed by atoms with Gasteiger partial charge in [0.2, 0.25) is 21.8 Å². The molecule has 3 saturated heterocycles. The van der Waals surface area contributed by atoms with E-state index in [9.17, 15) is 22.8 Å². The van der Waals surface area contributed by atoms with Crippen molar-refractivity contribution in [3.63, 3.8) is 0 Å². The van der Waals surface area contributed by atoms with Crippen LogP contribution in [-0.4, -0.2) is 96.2 Å². The molecule has 3 amide bonds. The van der Waals surface area contributed by atoms with Crippen molar-refractivity contribution in [1.82, 2.24) is 19.0 Å². The van der Waals surface area contributed by atoms with Crippen LogP contribution in [0.15, 0.2) is 24.3 Å². The molecule has 9 nitrogen and oxygen atoms in total. The molecule has 3 atom stereocenters. The van der Waals surface area contributed by atoms with Crippen LogP contribution < -0.4 is 0 Å². The lowest BCUT2D eigenvalue weighted by Crippen LogP contribution is -2.47. The summed E-state index contributed by atoms with van der Waals surface area (Å²) in [5.74, 6) is -1.06. The Kier molecular flexibility index (Phi) is 6.74. The van der Waals surface area contributed by atoms with Gasteiger partial charge in [-0.15, -0.1) is 0 Å². The van der Waals surface area contributed by atoms with E-state index in [1.165, 1.54) is 0 Å². The summed E-state index contributed by atoms with van der Waals surface area (Å²) in [5, 5.41) is 0. The topological polar surface area (TPSA) is 98.3 Å². The zero-order valence-electron chi connectivity index (χ0n) is 20.3. The van der Waals surface area contributed by atoms with Crippen molar-refractivity contribution in [2.75, 3.05) is 39.0 Å². The maximum absolute atomic E-state index is 13.4. The van der Waals surface area contributed by atoms with Gasteiger partial charge in [-0.1, -0.05) is 26.0 Å². The molecule has 3 aliphatic rings. The van der Waals surface area contributed by atoms with Gasteiger partial charge in [0.05, 0.1) is 24.3 Å². The summed E-state index contributed by atoms with van der Waals surface area (Å²) in [6.45, 7) is 9.66. The Labute approximate surface area is 201 Å². The van der Waals surface area contributed by atoms with Crippen LogP contribution in [0.4, 0.5) is 0 Å². The summed E-state index contributed by atoms with van der Waals surface area (Å²) in [5.41, 5.74) is 1.63.